The molecule has 6 nitrogen and oxygen atoms in total. The Kier molecular flexibility index (Phi) is 5.78. The van der Waals surface area contributed by atoms with Gasteiger partial charge in [0.25, 0.3) is 0 Å². The van der Waals surface area contributed by atoms with Crippen LogP contribution >= 0.6 is 0 Å². The lowest BCUT2D eigenvalue weighted by molar-refractivity contribution is -0.206. The van der Waals surface area contributed by atoms with Crippen molar-refractivity contribution in [1.29, 1.82) is 0 Å². The van der Waals surface area contributed by atoms with Gasteiger partial charge < -0.3 is 5.11 Å². The Balaban J connectivity index is 1.99. The first-order valence-corrected chi connectivity index (χ1v) is 8.86. The van der Waals surface area contributed by atoms with E-state index in [0.717, 1.165) is 11.6 Å². The molecule has 0 aliphatic carbocycles. The molecule has 0 saturated carbocycles. The SMILES string of the molecule is Cc1ccc(-c2cc(C(=O)C[C@@H](C)c3ncn[nH]3)cc(C(O)C(F)(F)F)c2)nc1. The number of alkyl halides is 3. The van der Waals surface area contributed by atoms with Crippen molar-refractivity contribution in [3.05, 3.63) is 65.4 Å². The number of aromatic nitrogens is 4. The van der Waals surface area contributed by atoms with Crippen LogP contribution < -0.4 is 0 Å². The van der Waals surface area contributed by atoms with E-state index in [1.54, 1.807) is 25.3 Å². The highest BCUT2D eigenvalue weighted by atomic mass is 19.4. The average molecular weight is 404 g/mol. The van der Waals surface area contributed by atoms with Crippen LogP contribution in [-0.2, 0) is 0 Å². The number of aliphatic hydroxyl groups excluding tert-OH is 1. The number of hydrogen-bond donors (Lipinski definition) is 2. The molecule has 1 unspecified atom stereocenters. The van der Waals surface area contributed by atoms with E-state index in [1.807, 2.05) is 6.92 Å². The number of rotatable bonds is 6. The normalized spacial score (nSPS) is 13.9. The number of aromatic amines is 1. The van der Waals surface area contributed by atoms with Crippen molar-refractivity contribution in [2.24, 2.45) is 0 Å². The van der Waals surface area contributed by atoms with E-state index >= 15 is 0 Å². The van der Waals surface area contributed by atoms with Crippen LogP contribution in [0.5, 0.6) is 0 Å². The summed E-state index contributed by atoms with van der Waals surface area (Å²) in [4.78, 5) is 21.0. The molecule has 0 aliphatic heterocycles. The molecule has 0 amide bonds. The monoisotopic (exact) mass is 404 g/mol. The quantitative estimate of drug-likeness (QED) is 0.603. The second kappa shape index (κ2) is 8.12. The Morgan fingerprint density at radius 3 is 2.55 bits per heavy atom. The summed E-state index contributed by atoms with van der Waals surface area (Å²) >= 11 is 0. The molecule has 2 atom stereocenters. The van der Waals surface area contributed by atoms with Crippen molar-refractivity contribution in [2.45, 2.75) is 38.5 Å². The van der Waals surface area contributed by atoms with Gasteiger partial charge in [0.15, 0.2) is 11.9 Å². The van der Waals surface area contributed by atoms with Gasteiger partial charge in [-0.25, -0.2) is 4.98 Å². The maximum Gasteiger partial charge on any atom is 0.418 e. The Bertz CT molecular complexity index is 986. The van der Waals surface area contributed by atoms with E-state index in [0.29, 0.717) is 17.1 Å². The van der Waals surface area contributed by atoms with Crippen molar-refractivity contribution in [3.8, 4) is 11.3 Å². The summed E-state index contributed by atoms with van der Waals surface area (Å²) in [5.74, 6) is -0.175. The molecular formula is C20H19F3N4O2. The predicted molar refractivity (Wildman–Crippen MR) is 99.2 cm³/mol. The van der Waals surface area contributed by atoms with Crippen LogP contribution in [0, 0.1) is 6.92 Å². The fourth-order valence-electron chi connectivity index (χ4n) is 2.89. The summed E-state index contributed by atoms with van der Waals surface area (Å²) in [5.41, 5.74) is 1.27. The molecule has 0 radical (unpaired) electrons. The maximum atomic E-state index is 13.1. The van der Waals surface area contributed by atoms with Crippen LogP contribution in [-0.4, -0.2) is 37.2 Å². The third-order valence-corrected chi connectivity index (χ3v) is 4.50. The maximum absolute atomic E-state index is 13.1. The summed E-state index contributed by atoms with van der Waals surface area (Å²) in [6.45, 7) is 3.59. The van der Waals surface area contributed by atoms with E-state index in [1.165, 1.54) is 18.5 Å². The number of nitrogens with zero attached hydrogens (tertiary/aromatic N) is 3. The smallest absolute Gasteiger partial charge is 0.379 e. The lowest BCUT2D eigenvalue weighted by Gasteiger charge is -2.17. The molecule has 2 N–H and O–H groups in total. The number of carbonyl (C=O) groups is 1. The number of nitrogens with one attached hydrogen (secondary N) is 1. The van der Waals surface area contributed by atoms with Crippen LogP contribution in [0.3, 0.4) is 0 Å². The third-order valence-electron chi connectivity index (χ3n) is 4.50. The Morgan fingerprint density at radius 2 is 1.97 bits per heavy atom. The van der Waals surface area contributed by atoms with E-state index in [2.05, 4.69) is 20.2 Å². The number of aliphatic hydroxyl groups is 1. The van der Waals surface area contributed by atoms with Crippen molar-refractivity contribution >= 4 is 5.78 Å². The summed E-state index contributed by atoms with van der Waals surface area (Å²) in [6.07, 6.45) is -4.65. The molecule has 3 aromatic rings. The number of benzene rings is 1. The minimum absolute atomic E-state index is 0.0154. The van der Waals surface area contributed by atoms with Crippen LogP contribution in [0.15, 0.2) is 42.9 Å². The van der Waals surface area contributed by atoms with Gasteiger partial charge in [-0.1, -0.05) is 13.0 Å². The first-order valence-electron chi connectivity index (χ1n) is 8.86. The van der Waals surface area contributed by atoms with Crippen LogP contribution in [0.1, 0.15) is 52.7 Å². The number of H-pyrrole nitrogens is 1. The molecule has 0 saturated heterocycles. The zero-order chi connectivity index (χ0) is 21.2. The number of aryl methyl sites for hydroxylation is 1. The highest BCUT2D eigenvalue weighted by molar-refractivity contribution is 5.97. The highest BCUT2D eigenvalue weighted by Gasteiger charge is 2.39. The van der Waals surface area contributed by atoms with Crippen LogP contribution in [0.25, 0.3) is 11.3 Å². The third kappa shape index (κ3) is 4.86. The average Bonchev–Trinajstić information content (AvgIpc) is 3.22. The molecule has 9 heteroatoms. The molecular weight excluding hydrogens is 385 g/mol. The van der Waals surface area contributed by atoms with Crippen molar-refractivity contribution in [2.75, 3.05) is 0 Å². The second-order valence-electron chi connectivity index (χ2n) is 6.91. The molecule has 0 bridgehead atoms. The predicted octanol–water partition coefficient (Wildman–Crippen LogP) is 4.15. The first-order chi connectivity index (χ1) is 13.6. The lowest BCUT2D eigenvalue weighted by Crippen LogP contribution is -2.20. The van der Waals surface area contributed by atoms with Crippen LogP contribution in [0.4, 0.5) is 13.2 Å². The van der Waals surface area contributed by atoms with Gasteiger partial charge in [-0.3, -0.25) is 14.9 Å². The number of ketones is 1. The minimum Gasteiger partial charge on any atom is -0.379 e. The van der Waals surface area contributed by atoms with Gasteiger partial charge in [-0.05, 0) is 42.3 Å². The van der Waals surface area contributed by atoms with E-state index < -0.39 is 17.8 Å². The number of pyridine rings is 1. The van der Waals surface area contributed by atoms with Gasteiger partial charge in [0.05, 0.1) is 5.69 Å². The minimum atomic E-state index is -4.85. The Morgan fingerprint density at radius 1 is 1.21 bits per heavy atom. The van der Waals surface area contributed by atoms with Crippen molar-refractivity contribution in [1.82, 2.24) is 20.2 Å². The van der Waals surface area contributed by atoms with Crippen LogP contribution in [0.2, 0.25) is 0 Å². The fourth-order valence-corrected chi connectivity index (χ4v) is 2.89. The standard InChI is InChI=1S/C20H19F3N4O2/c1-11-3-4-16(24-9-11)13-6-14(8-15(7-13)18(29)20(21,22)23)17(28)5-12(2)19-25-10-26-27-19/h3-4,6-10,12,18,29H,5H2,1-2H3,(H,25,26,27)/t12-,18?/m1/s1. The summed E-state index contributed by atoms with van der Waals surface area (Å²) in [6, 6.07) is 7.18. The highest BCUT2D eigenvalue weighted by Crippen LogP contribution is 2.35. The fraction of sp³-hybridized carbons (Fsp3) is 0.300. The molecule has 0 spiro atoms. The molecule has 152 valence electrons. The molecule has 2 aromatic heterocycles. The Labute approximate surface area is 164 Å². The van der Waals surface area contributed by atoms with Crippen molar-refractivity contribution in [3.63, 3.8) is 0 Å². The molecule has 0 fully saturated rings. The van der Waals surface area contributed by atoms with Gasteiger partial charge in [-0.2, -0.15) is 18.3 Å². The topological polar surface area (TPSA) is 91.8 Å². The Hall–Kier alpha value is -3.07. The van der Waals surface area contributed by atoms with Gasteiger partial charge in [0, 0.05) is 29.7 Å². The second-order valence-corrected chi connectivity index (χ2v) is 6.91. The largest absolute Gasteiger partial charge is 0.418 e. The number of hydrogen-bond acceptors (Lipinski definition) is 5. The van der Waals surface area contributed by atoms with Gasteiger partial charge in [-0.15, -0.1) is 0 Å². The number of Topliss-reactive ketones (excluding diaryl/α,β-unsaturated/α-hetero) is 1. The van der Waals surface area contributed by atoms with Gasteiger partial charge >= 0.3 is 6.18 Å². The van der Waals surface area contributed by atoms with E-state index in [9.17, 15) is 23.1 Å². The molecule has 29 heavy (non-hydrogen) atoms. The van der Waals surface area contributed by atoms with Gasteiger partial charge in [0.2, 0.25) is 0 Å². The van der Waals surface area contributed by atoms with E-state index in [4.69, 9.17) is 0 Å². The molecule has 0 aliphatic rings. The number of halogens is 3. The van der Waals surface area contributed by atoms with E-state index in [-0.39, 0.29) is 23.7 Å². The van der Waals surface area contributed by atoms with Gasteiger partial charge in [0.1, 0.15) is 12.2 Å². The molecule has 2 heterocycles. The summed E-state index contributed by atoms with van der Waals surface area (Å²) < 4.78 is 39.2. The summed E-state index contributed by atoms with van der Waals surface area (Å²) in [7, 11) is 0. The van der Waals surface area contributed by atoms with Crippen molar-refractivity contribution < 1.29 is 23.1 Å². The number of carbonyl (C=O) groups excluding carboxylic acids is 1. The first kappa shape index (κ1) is 20.7. The zero-order valence-corrected chi connectivity index (χ0v) is 15.7. The lowest BCUT2D eigenvalue weighted by atomic mass is 9.93. The molecule has 1 aromatic carbocycles. The zero-order valence-electron chi connectivity index (χ0n) is 15.7. The molecule has 3 rings (SSSR count). The summed E-state index contributed by atoms with van der Waals surface area (Å²) in [5, 5.41) is 16.1.